The van der Waals surface area contributed by atoms with E-state index in [0.717, 1.165) is 26.5 Å². The number of ether oxygens (including phenoxy) is 1. The molecule has 3 N–H and O–H groups in total. The first-order valence-corrected chi connectivity index (χ1v) is 10.1. The van der Waals surface area contributed by atoms with E-state index < -0.39 is 6.23 Å². The zero-order valence-electron chi connectivity index (χ0n) is 15.3. The lowest BCUT2D eigenvalue weighted by Gasteiger charge is -2.21. The van der Waals surface area contributed by atoms with E-state index in [1.165, 1.54) is 0 Å². The Balaban J connectivity index is 1.78. The first kappa shape index (κ1) is 19.7. The first-order chi connectivity index (χ1) is 13.0. The predicted octanol–water partition coefficient (Wildman–Crippen LogP) is 4.41. The SMILES string of the molecule is CCCOc1ccc(I)cc1C(=O)NC(O)[C@H](C)c1c[nH]c2ccccc12. The smallest absolute Gasteiger partial charge is 0.257 e. The van der Waals surface area contributed by atoms with Gasteiger partial charge in [-0.3, -0.25) is 4.79 Å². The summed E-state index contributed by atoms with van der Waals surface area (Å²) in [6.07, 6.45) is 1.72. The van der Waals surface area contributed by atoms with E-state index in [2.05, 4.69) is 32.9 Å². The quantitative estimate of drug-likeness (QED) is 0.348. The van der Waals surface area contributed by atoms with Gasteiger partial charge in [-0.1, -0.05) is 32.0 Å². The zero-order valence-corrected chi connectivity index (χ0v) is 17.5. The van der Waals surface area contributed by atoms with Gasteiger partial charge in [0.05, 0.1) is 12.2 Å². The van der Waals surface area contributed by atoms with Crippen LogP contribution in [0.4, 0.5) is 0 Å². The van der Waals surface area contributed by atoms with E-state index in [1.807, 2.05) is 50.4 Å². The van der Waals surface area contributed by atoms with Crippen LogP contribution in [0.2, 0.25) is 0 Å². The molecule has 0 saturated carbocycles. The summed E-state index contributed by atoms with van der Waals surface area (Å²) < 4.78 is 6.61. The van der Waals surface area contributed by atoms with Crippen LogP contribution in [0.15, 0.2) is 48.7 Å². The third kappa shape index (κ3) is 4.44. The van der Waals surface area contributed by atoms with E-state index in [-0.39, 0.29) is 11.8 Å². The lowest BCUT2D eigenvalue weighted by atomic mass is 9.98. The van der Waals surface area contributed by atoms with Crippen molar-refractivity contribution in [1.82, 2.24) is 10.3 Å². The van der Waals surface area contributed by atoms with E-state index in [0.29, 0.717) is 17.9 Å². The van der Waals surface area contributed by atoms with Gasteiger partial charge in [0.2, 0.25) is 0 Å². The van der Waals surface area contributed by atoms with Gasteiger partial charge in [-0.25, -0.2) is 0 Å². The molecular formula is C21H23IN2O3. The summed E-state index contributed by atoms with van der Waals surface area (Å²) in [6, 6.07) is 13.4. The number of hydrogen-bond acceptors (Lipinski definition) is 3. The Labute approximate surface area is 172 Å². The van der Waals surface area contributed by atoms with Gasteiger partial charge in [-0.2, -0.15) is 0 Å². The fraction of sp³-hybridized carbons (Fsp3) is 0.286. The number of amides is 1. The normalized spacial score (nSPS) is 13.3. The van der Waals surface area contributed by atoms with Gasteiger partial charge in [-0.15, -0.1) is 0 Å². The second-order valence-electron chi connectivity index (χ2n) is 6.49. The minimum atomic E-state index is -1.02. The molecule has 0 bridgehead atoms. The Kier molecular flexibility index (Phi) is 6.38. The molecule has 0 radical (unpaired) electrons. The zero-order chi connectivity index (χ0) is 19.4. The highest BCUT2D eigenvalue weighted by atomic mass is 127. The van der Waals surface area contributed by atoms with Crippen molar-refractivity contribution in [1.29, 1.82) is 0 Å². The Morgan fingerprint density at radius 2 is 2.07 bits per heavy atom. The van der Waals surface area contributed by atoms with Crippen molar-refractivity contribution in [3.8, 4) is 5.75 Å². The van der Waals surface area contributed by atoms with E-state index in [1.54, 1.807) is 12.1 Å². The average Bonchev–Trinajstić information content (AvgIpc) is 3.10. The summed E-state index contributed by atoms with van der Waals surface area (Å²) in [6.45, 7) is 4.44. The summed E-state index contributed by atoms with van der Waals surface area (Å²) in [4.78, 5) is 16.0. The molecule has 3 rings (SSSR count). The van der Waals surface area contributed by atoms with Crippen LogP contribution in [0.5, 0.6) is 5.75 Å². The molecule has 1 aromatic heterocycles. The van der Waals surface area contributed by atoms with Crippen LogP contribution < -0.4 is 10.1 Å². The van der Waals surface area contributed by atoms with Gasteiger partial charge < -0.3 is 20.1 Å². The number of aliphatic hydroxyl groups is 1. The molecule has 0 saturated heterocycles. The second kappa shape index (κ2) is 8.75. The summed E-state index contributed by atoms with van der Waals surface area (Å²) in [5, 5.41) is 14.4. The molecule has 1 unspecified atom stereocenters. The van der Waals surface area contributed by atoms with Crippen molar-refractivity contribution >= 4 is 39.4 Å². The van der Waals surface area contributed by atoms with Gasteiger partial charge in [0.15, 0.2) is 0 Å². The minimum Gasteiger partial charge on any atom is -0.493 e. The Hall–Kier alpha value is -2.06. The maximum atomic E-state index is 12.8. The van der Waals surface area contributed by atoms with E-state index in [9.17, 15) is 9.90 Å². The molecule has 6 heteroatoms. The molecule has 0 aliphatic rings. The van der Waals surface area contributed by atoms with Gasteiger partial charge in [-0.05, 0) is 58.8 Å². The number of nitrogens with one attached hydrogen (secondary N) is 2. The van der Waals surface area contributed by atoms with Crippen LogP contribution in [-0.2, 0) is 0 Å². The summed E-state index contributed by atoms with van der Waals surface area (Å²) in [7, 11) is 0. The summed E-state index contributed by atoms with van der Waals surface area (Å²) in [5.74, 6) is -0.0894. The molecule has 0 aliphatic carbocycles. The summed E-state index contributed by atoms with van der Waals surface area (Å²) in [5.41, 5.74) is 2.40. The number of H-pyrrole nitrogens is 1. The van der Waals surface area contributed by atoms with Crippen molar-refractivity contribution < 1.29 is 14.6 Å². The molecule has 3 aromatic rings. The standard InChI is InChI=1S/C21H23IN2O3/c1-3-10-27-19-9-8-14(22)11-16(19)21(26)24-20(25)13(2)17-12-23-18-7-5-4-6-15(17)18/h4-9,11-13,20,23,25H,3,10H2,1-2H3,(H,24,26)/t13-,20?/m1/s1. The number of para-hydroxylation sites is 1. The van der Waals surface area contributed by atoms with Gasteiger partial charge >= 0.3 is 0 Å². The van der Waals surface area contributed by atoms with Gasteiger partial charge in [0.25, 0.3) is 5.91 Å². The lowest BCUT2D eigenvalue weighted by Crippen LogP contribution is -2.38. The number of aromatic amines is 1. The number of carbonyl (C=O) groups excluding carboxylic acids is 1. The number of hydrogen-bond donors (Lipinski definition) is 3. The molecule has 5 nitrogen and oxygen atoms in total. The molecule has 27 heavy (non-hydrogen) atoms. The topological polar surface area (TPSA) is 74.3 Å². The largest absolute Gasteiger partial charge is 0.493 e. The minimum absolute atomic E-state index is 0.270. The Bertz CT molecular complexity index is 938. The molecule has 142 valence electrons. The Morgan fingerprint density at radius 1 is 1.30 bits per heavy atom. The third-order valence-corrected chi connectivity index (χ3v) is 5.18. The van der Waals surface area contributed by atoms with Gasteiger partial charge in [0, 0.05) is 26.6 Å². The average molecular weight is 478 g/mol. The van der Waals surface area contributed by atoms with Crippen LogP contribution >= 0.6 is 22.6 Å². The van der Waals surface area contributed by atoms with Gasteiger partial charge in [0.1, 0.15) is 12.0 Å². The molecule has 1 heterocycles. The molecule has 0 fully saturated rings. The van der Waals surface area contributed by atoms with Crippen molar-refractivity contribution in [2.24, 2.45) is 0 Å². The highest BCUT2D eigenvalue weighted by Gasteiger charge is 2.23. The molecule has 0 aliphatic heterocycles. The maximum Gasteiger partial charge on any atom is 0.257 e. The number of aliphatic hydroxyl groups excluding tert-OH is 1. The van der Waals surface area contributed by atoms with Crippen LogP contribution in [0.1, 0.15) is 42.1 Å². The fourth-order valence-electron chi connectivity index (χ4n) is 3.00. The lowest BCUT2D eigenvalue weighted by molar-refractivity contribution is 0.0724. The second-order valence-corrected chi connectivity index (χ2v) is 7.73. The van der Waals surface area contributed by atoms with Crippen molar-refractivity contribution in [3.63, 3.8) is 0 Å². The molecular weight excluding hydrogens is 455 g/mol. The summed E-state index contributed by atoms with van der Waals surface area (Å²) >= 11 is 2.16. The monoisotopic (exact) mass is 478 g/mol. The number of rotatable bonds is 7. The van der Waals surface area contributed by atoms with Crippen LogP contribution in [-0.4, -0.2) is 28.8 Å². The molecule has 0 spiro atoms. The fourth-order valence-corrected chi connectivity index (χ4v) is 3.49. The van der Waals surface area contributed by atoms with Crippen molar-refractivity contribution in [2.75, 3.05) is 6.61 Å². The first-order valence-electron chi connectivity index (χ1n) is 8.98. The molecule has 2 aromatic carbocycles. The van der Waals surface area contributed by atoms with Crippen LogP contribution in [0.3, 0.4) is 0 Å². The van der Waals surface area contributed by atoms with E-state index >= 15 is 0 Å². The number of carbonyl (C=O) groups is 1. The van der Waals surface area contributed by atoms with Crippen molar-refractivity contribution in [2.45, 2.75) is 32.4 Å². The molecule has 2 atom stereocenters. The number of halogens is 1. The molecule has 1 amide bonds. The van der Waals surface area contributed by atoms with Crippen LogP contribution in [0, 0.1) is 3.57 Å². The third-order valence-electron chi connectivity index (χ3n) is 4.51. The highest BCUT2D eigenvalue weighted by molar-refractivity contribution is 14.1. The van der Waals surface area contributed by atoms with E-state index in [4.69, 9.17) is 4.74 Å². The van der Waals surface area contributed by atoms with Crippen LogP contribution in [0.25, 0.3) is 10.9 Å². The van der Waals surface area contributed by atoms with Crippen molar-refractivity contribution in [3.05, 3.63) is 63.4 Å². The number of aromatic nitrogens is 1. The Morgan fingerprint density at radius 3 is 2.85 bits per heavy atom. The number of benzene rings is 2. The predicted molar refractivity (Wildman–Crippen MR) is 115 cm³/mol. The maximum absolute atomic E-state index is 12.8. The number of fused-ring (bicyclic) bond motifs is 1. The highest BCUT2D eigenvalue weighted by Crippen LogP contribution is 2.28.